The first-order valence-corrected chi connectivity index (χ1v) is 8.71. The van der Waals surface area contributed by atoms with Crippen LogP contribution in [-0.4, -0.2) is 16.9 Å². The van der Waals surface area contributed by atoms with E-state index in [1.807, 2.05) is 28.1 Å². The summed E-state index contributed by atoms with van der Waals surface area (Å²) in [5, 5.41) is 5.10. The Morgan fingerprint density at radius 3 is 2.72 bits per heavy atom. The van der Waals surface area contributed by atoms with E-state index in [1.165, 1.54) is 17.4 Å². The second kappa shape index (κ2) is 6.18. The zero-order valence-corrected chi connectivity index (χ0v) is 14.1. The summed E-state index contributed by atoms with van der Waals surface area (Å²) in [6.45, 7) is 4.57. The molecule has 0 saturated heterocycles. The van der Waals surface area contributed by atoms with Crippen LogP contribution in [0.25, 0.3) is 22.7 Å². The van der Waals surface area contributed by atoms with Crippen molar-refractivity contribution in [1.82, 2.24) is 9.88 Å². The molecular formula is C20H15FN2OS. The van der Waals surface area contributed by atoms with Crippen molar-refractivity contribution in [2.75, 3.05) is 6.54 Å². The Labute approximate surface area is 148 Å². The Bertz CT molecular complexity index is 999. The molecule has 124 valence electrons. The first-order valence-electron chi connectivity index (χ1n) is 7.84. The van der Waals surface area contributed by atoms with Crippen molar-refractivity contribution in [2.45, 2.75) is 0 Å². The van der Waals surface area contributed by atoms with Crippen molar-refractivity contribution in [2.24, 2.45) is 0 Å². The van der Waals surface area contributed by atoms with Crippen LogP contribution in [-0.2, 0) is 0 Å². The van der Waals surface area contributed by atoms with Gasteiger partial charge in [-0.2, -0.15) is 0 Å². The summed E-state index contributed by atoms with van der Waals surface area (Å²) in [5.41, 5.74) is 3.57. The van der Waals surface area contributed by atoms with E-state index in [1.54, 1.807) is 30.3 Å². The molecule has 0 atom stereocenters. The predicted molar refractivity (Wildman–Crippen MR) is 99.8 cm³/mol. The number of carbonyl (C=O) groups excluding carboxylic acids is 1. The molecule has 0 saturated carbocycles. The fraction of sp³-hybridized carbons (Fsp3) is 0.0500. The SMILES string of the molecule is C=C1CN/C(=C\C(=O)c2cccs2)c2ccc(-c3ccccc3F)n21. The Morgan fingerprint density at radius 1 is 1.16 bits per heavy atom. The number of hydrogen-bond acceptors (Lipinski definition) is 3. The van der Waals surface area contributed by atoms with Crippen molar-refractivity contribution < 1.29 is 9.18 Å². The largest absolute Gasteiger partial charge is 0.378 e. The average molecular weight is 350 g/mol. The minimum Gasteiger partial charge on any atom is -0.378 e. The monoisotopic (exact) mass is 350 g/mol. The quantitative estimate of drug-likeness (QED) is 0.551. The van der Waals surface area contributed by atoms with Crippen LogP contribution in [0.3, 0.4) is 0 Å². The van der Waals surface area contributed by atoms with Gasteiger partial charge in [-0.1, -0.05) is 24.8 Å². The van der Waals surface area contributed by atoms with Gasteiger partial charge in [-0.15, -0.1) is 11.3 Å². The standard InChI is InChI=1S/C20H15FN2OS/c1-13-12-22-16(11-19(24)20-7-4-10-25-20)18-9-8-17(23(13)18)14-5-2-3-6-15(14)21/h2-11,22H,1,12H2/b16-11-. The van der Waals surface area contributed by atoms with Gasteiger partial charge >= 0.3 is 0 Å². The second-order valence-electron chi connectivity index (χ2n) is 5.74. The van der Waals surface area contributed by atoms with Gasteiger partial charge in [0.25, 0.3) is 0 Å². The van der Waals surface area contributed by atoms with E-state index < -0.39 is 0 Å². The first-order chi connectivity index (χ1) is 12.1. The molecule has 0 bridgehead atoms. The smallest absolute Gasteiger partial charge is 0.197 e. The number of allylic oxidation sites excluding steroid dienone is 1. The molecule has 1 aliphatic rings. The lowest BCUT2D eigenvalue weighted by Gasteiger charge is -2.24. The van der Waals surface area contributed by atoms with E-state index in [0.717, 1.165) is 17.1 Å². The predicted octanol–water partition coefficient (Wildman–Crippen LogP) is 4.65. The maximum atomic E-state index is 14.2. The number of rotatable bonds is 3. The zero-order valence-electron chi connectivity index (χ0n) is 13.3. The van der Waals surface area contributed by atoms with E-state index in [4.69, 9.17) is 0 Å². The van der Waals surface area contributed by atoms with Crippen molar-refractivity contribution in [3.05, 3.63) is 83.0 Å². The Kier molecular flexibility index (Phi) is 3.86. The number of hydrogen-bond donors (Lipinski definition) is 1. The van der Waals surface area contributed by atoms with Gasteiger partial charge in [0.1, 0.15) is 5.82 Å². The Hall–Kier alpha value is -2.92. The van der Waals surface area contributed by atoms with Crippen molar-refractivity contribution in [3.63, 3.8) is 0 Å². The highest BCUT2D eigenvalue weighted by Gasteiger charge is 2.22. The molecule has 2 aromatic heterocycles. The van der Waals surface area contributed by atoms with E-state index in [-0.39, 0.29) is 11.6 Å². The molecule has 0 aliphatic carbocycles. The number of thiophene rings is 1. The Morgan fingerprint density at radius 2 is 1.96 bits per heavy atom. The topological polar surface area (TPSA) is 34.0 Å². The highest BCUT2D eigenvalue weighted by molar-refractivity contribution is 7.12. The third-order valence-electron chi connectivity index (χ3n) is 4.15. The van der Waals surface area contributed by atoms with Gasteiger partial charge in [0.2, 0.25) is 0 Å². The van der Waals surface area contributed by atoms with Crippen LogP contribution in [0.5, 0.6) is 0 Å². The van der Waals surface area contributed by atoms with E-state index in [0.29, 0.717) is 22.7 Å². The summed E-state index contributed by atoms with van der Waals surface area (Å²) in [5.74, 6) is -0.333. The van der Waals surface area contributed by atoms with E-state index in [9.17, 15) is 9.18 Å². The lowest BCUT2D eigenvalue weighted by atomic mass is 10.1. The summed E-state index contributed by atoms with van der Waals surface area (Å²) in [7, 11) is 0. The highest BCUT2D eigenvalue weighted by Crippen LogP contribution is 2.32. The molecule has 5 heteroatoms. The van der Waals surface area contributed by atoms with Crippen LogP contribution in [0.15, 0.2) is 66.6 Å². The molecule has 0 unspecified atom stereocenters. The minimum atomic E-state index is -0.282. The number of nitrogens with zero attached hydrogens (tertiary/aromatic N) is 1. The van der Waals surface area contributed by atoms with Crippen LogP contribution in [0.4, 0.5) is 4.39 Å². The molecular weight excluding hydrogens is 335 g/mol. The molecule has 1 aromatic carbocycles. The summed E-state index contributed by atoms with van der Waals surface area (Å²) in [6, 6.07) is 14.0. The number of nitrogens with one attached hydrogen (secondary N) is 1. The molecule has 0 radical (unpaired) electrons. The zero-order chi connectivity index (χ0) is 17.4. The van der Waals surface area contributed by atoms with Crippen LogP contribution < -0.4 is 5.32 Å². The van der Waals surface area contributed by atoms with Gasteiger partial charge in [-0.25, -0.2) is 4.39 Å². The molecule has 3 heterocycles. The molecule has 0 spiro atoms. The number of ketones is 1. The maximum absolute atomic E-state index is 14.2. The second-order valence-corrected chi connectivity index (χ2v) is 6.69. The molecule has 1 aliphatic heterocycles. The minimum absolute atomic E-state index is 0.0507. The van der Waals surface area contributed by atoms with Gasteiger partial charge in [0, 0.05) is 17.3 Å². The van der Waals surface area contributed by atoms with Crippen molar-refractivity contribution in [1.29, 1.82) is 0 Å². The van der Waals surface area contributed by atoms with Crippen molar-refractivity contribution >= 4 is 28.5 Å². The van der Waals surface area contributed by atoms with Gasteiger partial charge < -0.3 is 9.88 Å². The molecule has 3 nitrogen and oxygen atoms in total. The molecule has 1 N–H and O–H groups in total. The normalized spacial score (nSPS) is 15.1. The van der Waals surface area contributed by atoms with Crippen LogP contribution >= 0.6 is 11.3 Å². The van der Waals surface area contributed by atoms with Crippen LogP contribution in [0, 0.1) is 5.82 Å². The van der Waals surface area contributed by atoms with Crippen molar-refractivity contribution in [3.8, 4) is 11.3 Å². The number of benzene rings is 1. The summed E-state index contributed by atoms with van der Waals surface area (Å²) >= 11 is 1.41. The summed E-state index contributed by atoms with van der Waals surface area (Å²) < 4.78 is 16.1. The molecule has 4 rings (SSSR count). The van der Waals surface area contributed by atoms with Gasteiger partial charge in [0.15, 0.2) is 5.78 Å². The molecule has 25 heavy (non-hydrogen) atoms. The first kappa shape index (κ1) is 15.6. The molecule has 0 amide bonds. The molecule has 0 fully saturated rings. The fourth-order valence-corrected chi connectivity index (χ4v) is 3.62. The Balaban J connectivity index is 1.81. The summed E-state index contributed by atoms with van der Waals surface area (Å²) in [6.07, 6.45) is 1.59. The van der Waals surface area contributed by atoms with Crippen LogP contribution in [0.1, 0.15) is 15.4 Å². The van der Waals surface area contributed by atoms with E-state index in [2.05, 4.69) is 11.9 Å². The highest BCUT2D eigenvalue weighted by atomic mass is 32.1. The van der Waals surface area contributed by atoms with E-state index >= 15 is 0 Å². The lowest BCUT2D eigenvalue weighted by molar-refractivity contribution is 0.105. The fourth-order valence-electron chi connectivity index (χ4n) is 2.98. The van der Waals surface area contributed by atoms with Gasteiger partial charge in [-0.05, 0) is 35.7 Å². The third-order valence-corrected chi connectivity index (χ3v) is 5.03. The van der Waals surface area contributed by atoms with Gasteiger partial charge in [-0.3, -0.25) is 4.79 Å². The average Bonchev–Trinajstić information content (AvgIpc) is 3.28. The number of fused-ring (bicyclic) bond motifs is 1. The van der Waals surface area contributed by atoms with Crippen LogP contribution in [0.2, 0.25) is 0 Å². The lowest BCUT2D eigenvalue weighted by Crippen LogP contribution is -2.26. The number of carbonyl (C=O) groups is 1. The summed E-state index contributed by atoms with van der Waals surface area (Å²) in [4.78, 5) is 13.1. The maximum Gasteiger partial charge on any atom is 0.197 e. The molecule has 3 aromatic rings. The number of aromatic nitrogens is 1. The number of halogens is 1. The van der Waals surface area contributed by atoms with Gasteiger partial charge in [0.05, 0.1) is 28.5 Å². The third kappa shape index (κ3) is 2.72.